The van der Waals surface area contributed by atoms with E-state index in [2.05, 4.69) is 6.92 Å². The largest absolute Gasteiger partial charge is 0.384 e. The van der Waals surface area contributed by atoms with Crippen molar-refractivity contribution in [3.63, 3.8) is 0 Å². The summed E-state index contributed by atoms with van der Waals surface area (Å²) in [6, 6.07) is 0. The molecule has 2 nitrogen and oxygen atoms in total. The van der Waals surface area contributed by atoms with E-state index in [1.165, 1.54) is 64.2 Å². The maximum Gasteiger partial charge on any atom is 0.0515 e. The van der Waals surface area contributed by atoms with Crippen LogP contribution in [-0.4, -0.2) is 27.4 Å². The van der Waals surface area contributed by atoms with Crippen LogP contribution in [0.4, 0.5) is 0 Å². The molecule has 0 aromatic rings. The van der Waals surface area contributed by atoms with Gasteiger partial charge < -0.3 is 9.47 Å². The molecule has 0 heterocycles. The highest BCUT2D eigenvalue weighted by atomic mass is 16.5. The van der Waals surface area contributed by atoms with E-state index < -0.39 is 0 Å². The zero-order valence-corrected chi connectivity index (χ0v) is 15.2. The van der Waals surface area contributed by atoms with E-state index in [0.29, 0.717) is 5.92 Å². The Hall–Kier alpha value is -0.0800. The third-order valence-corrected chi connectivity index (χ3v) is 6.50. The molecule has 0 spiro atoms. The molecule has 0 N–H and O–H groups in total. The molecule has 0 saturated heterocycles. The van der Waals surface area contributed by atoms with Gasteiger partial charge in [-0.2, -0.15) is 0 Å². The lowest BCUT2D eigenvalue weighted by molar-refractivity contribution is 0.0303. The third kappa shape index (κ3) is 5.23. The molecule has 0 aromatic carbocycles. The fraction of sp³-hybridized carbons (Fsp3) is 1.00. The Kier molecular flexibility index (Phi) is 8.24. The van der Waals surface area contributed by atoms with Gasteiger partial charge in [0.15, 0.2) is 0 Å². The SMILES string of the molecule is CCCC1CCC(C2CCC(C(COC)COC)CC2)CC1. The first-order chi connectivity index (χ1) is 10.8. The molecule has 0 aromatic heterocycles. The quantitative estimate of drug-likeness (QED) is 0.605. The van der Waals surface area contributed by atoms with Crippen LogP contribution in [0.25, 0.3) is 0 Å². The minimum absolute atomic E-state index is 0.608. The molecular formula is C20H38O2. The number of hydrogen-bond acceptors (Lipinski definition) is 2. The molecule has 2 rings (SSSR count). The van der Waals surface area contributed by atoms with Crippen LogP contribution >= 0.6 is 0 Å². The molecule has 2 aliphatic carbocycles. The van der Waals surface area contributed by atoms with Crippen LogP contribution in [0, 0.1) is 29.6 Å². The second-order valence-electron chi connectivity index (χ2n) is 7.92. The summed E-state index contributed by atoms with van der Waals surface area (Å²) >= 11 is 0. The number of methoxy groups -OCH3 is 2. The Bertz CT molecular complexity index is 269. The van der Waals surface area contributed by atoms with Crippen molar-refractivity contribution >= 4 is 0 Å². The average molecular weight is 311 g/mol. The van der Waals surface area contributed by atoms with E-state index in [4.69, 9.17) is 9.47 Å². The van der Waals surface area contributed by atoms with Crippen molar-refractivity contribution in [3.8, 4) is 0 Å². The van der Waals surface area contributed by atoms with Gasteiger partial charge in [-0.1, -0.05) is 32.6 Å². The van der Waals surface area contributed by atoms with Gasteiger partial charge in [0.2, 0.25) is 0 Å². The van der Waals surface area contributed by atoms with Gasteiger partial charge in [-0.05, 0) is 62.2 Å². The minimum atomic E-state index is 0.608. The molecule has 22 heavy (non-hydrogen) atoms. The normalized spacial score (nSPS) is 33.3. The molecular weight excluding hydrogens is 272 g/mol. The molecule has 0 bridgehead atoms. The summed E-state index contributed by atoms with van der Waals surface area (Å²) in [7, 11) is 3.64. The number of ether oxygens (including phenoxy) is 2. The molecule has 2 saturated carbocycles. The molecule has 130 valence electrons. The van der Waals surface area contributed by atoms with E-state index in [9.17, 15) is 0 Å². The Labute approximate surface area is 138 Å². The van der Waals surface area contributed by atoms with Gasteiger partial charge >= 0.3 is 0 Å². The average Bonchev–Trinajstić information content (AvgIpc) is 2.56. The van der Waals surface area contributed by atoms with Crippen molar-refractivity contribution in [2.75, 3.05) is 27.4 Å². The monoisotopic (exact) mass is 310 g/mol. The molecule has 2 heteroatoms. The number of rotatable bonds is 8. The minimum Gasteiger partial charge on any atom is -0.384 e. The van der Waals surface area contributed by atoms with Crippen molar-refractivity contribution in [1.82, 2.24) is 0 Å². The Morgan fingerprint density at radius 1 is 0.773 bits per heavy atom. The van der Waals surface area contributed by atoms with Crippen molar-refractivity contribution in [3.05, 3.63) is 0 Å². The van der Waals surface area contributed by atoms with Crippen molar-refractivity contribution in [1.29, 1.82) is 0 Å². The lowest BCUT2D eigenvalue weighted by Crippen LogP contribution is -2.31. The highest BCUT2D eigenvalue weighted by Crippen LogP contribution is 2.43. The van der Waals surface area contributed by atoms with Gasteiger partial charge in [0.25, 0.3) is 0 Å². The van der Waals surface area contributed by atoms with Crippen LogP contribution in [0.5, 0.6) is 0 Å². The molecule has 0 amide bonds. The summed E-state index contributed by atoms with van der Waals surface area (Å²) in [4.78, 5) is 0. The second-order valence-corrected chi connectivity index (χ2v) is 7.92. The summed E-state index contributed by atoms with van der Waals surface area (Å²) in [5.74, 6) is 4.54. The van der Waals surface area contributed by atoms with E-state index in [-0.39, 0.29) is 0 Å². The number of hydrogen-bond donors (Lipinski definition) is 0. The molecule has 0 radical (unpaired) electrons. The van der Waals surface area contributed by atoms with Gasteiger partial charge in [-0.15, -0.1) is 0 Å². The summed E-state index contributed by atoms with van der Waals surface area (Å²) in [5, 5.41) is 0. The molecule has 0 unspecified atom stereocenters. The molecule has 2 fully saturated rings. The van der Waals surface area contributed by atoms with Gasteiger partial charge in [0.1, 0.15) is 0 Å². The zero-order valence-electron chi connectivity index (χ0n) is 15.2. The smallest absolute Gasteiger partial charge is 0.0515 e. The fourth-order valence-corrected chi connectivity index (χ4v) is 5.19. The van der Waals surface area contributed by atoms with E-state index in [1.54, 1.807) is 0 Å². The third-order valence-electron chi connectivity index (χ3n) is 6.50. The molecule has 2 aliphatic rings. The summed E-state index contributed by atoms with van der Waals surface area (Å²) in [6.45, 7) is 4.07. The van der Waals surface area contributed by atoms with Crippen LogP contribution in [-0.2, 0) is 9.47 Å². The van der Waals surface area contributed by atoms with E-state index in [1.807, 2.05) is 14.2 Å². The second kappa shape index (κ2) is 9.93. The highest BCUT2D eigenvalue weighted by Gasteiger charge is 2.33. The van der Waals surface area contributed by atoms with Crippen LogP contribution in [0.1, 0.15) is 71.1 Å². The van der Waals surface area contributed by atoms with Gasteiger partial charge in [0.05, 0.1) is 13.2 Å². The Morgan fingerprint density at radius 2 is 1.27 bits per heavy atom. The van der Waals surface area contributed by atoms with Crippen LogP contribution in [0.3, 0.4) is 0 Å². The van der Waals surface area contributed by atoms with Gasteiger partial charge in [0, 0.05) is 20.1 Å². The first-order valence-electron chi connectivity index (χ1n) is 9.76. The lowest BCUT2D eigenvalue weighted by Gasteiger charge is -2.39. The Balaban J connectivity index is 1.72. The Morgan fingerprint density at radius 3 is 1.73 bits per heavy atom. The summed E-state index contributed by atoms with van der Waals surface area (Å²) < 4.78 is 10.8. The first kappa shape index (κ1) is 18.3. The predicted molar refractivity (Wildman–Crippen MR) is 93.0 cm³/mol. The standard InChI is InChI=1S/C20H38O2/c1-4-5-16-6-8-17(9-7-16)18-10-12-19(13-11-18)20(14-21-2)15-22-3/h16-20H,4-15H2,1-3H3. The van der Waals surface area contributed by atoms with Crippen LogP contribution in [0.2, 0.25) is 0 Å². The highest BCUT2D eigenvalue weighted by molar-refractivity contribution is 4.84. The van der Waals surface area contributed by atoms with Gasteiger partial charge in [-0.3, -0.25) is 0 Å². The van der Waals surface area contributed by atoms with Crippen LogP contribution < -0.4 is 0 Å². The van der Waals surface area contributed by atoms with Crippen molar-refractivity contribution < 1.29 is 9.47 Å². The summed E-state index contributed by atoms with van der Waals surface area (Å²) in [5.41, 5.74) is 0. The van der Waals surface area contributed by atoms with Crippen molar-refractivity contribution in [2.24, 2.45) is 29.6 Å². The summed E-state index contributed by atoms with van der Waals surface area (Å²) in [6.07, 6.45) is 14.6. The van der Waals surface area contributed by atoms with E-state index >= 15 is 0 Å². The molecule has 0 atom stereocenters. The maximum atomic E-state index is 5.41. The fourth-order valence-electron chi connectivity index (χ4n) is 5.19. The molecule has 0 aliphatic heterocycles. The van der Waals surface area contributed by atoms with Crippen LogP contribution in [0.15, 0.2) is 0 Å². The zero-order chi connectivity index (χ0) is 15.8. The van der Waals surface area contributed by atoms with E-state index in [0.717, 1.165) is 36.9 Å². The van der Waals surface area contributed by atoms with Crippen molar-refractivity contribution in [2.45, 2.75) is 71.1 Å². The maximum absolute atomic E-state index is 5.41. The predicted octanol–water partition coefficient (Wildman–Crippen LogP) is 5.31. The van der Waals surface area contributed by atoms with Gasteiger partial charge in [-0.25, -0.2) is 0 Å². The first-order valence-corrected chi connectivity index (χ1v) is 9.76. The topological polar surface area (TPSA) is 18.5 Å². The lowest BCUT2D eigenvalue weighted by atomic mass is 9.67.